The second-order valence-electron chi connectivity index (χ2n) is 12.0. The fourth-order valence-electron chi connectivity index (χ4n) is 6.23. The van der Waals surface area contributed by atoms with Crippen LogP contribution in [0.25, 0.3) is 32.9 Å². The van der Waals surface area contributed by atoms with Crippen LogP contribution in [-0.4, -0.2) is 102 Å². The number of hydrogen-bond donors (Lipinski definition) is 3. The van der Waals surface area contributed by atoms with Crippen molar-refractivity contribution in [2.24, 2.45) is 0 Å². The highest BCUT2D eigenvalue weighted by Crippen LogP contribution is 2.33. The lowest BCUT2D eigenvalue weighted by molar-refractivity contribution is -0.136. The number of imide groups is 2. The van der Waals surface area contributed by atoms with Crippen molar-refractivity contribution in [3.63, 3.8) is 0 Å². The van der Waals surface area contributed by atoms with Gasteiger partial charge in [-0.15, -0.1) is 0 Å². The molecule has 2 aliphatic rings. The van der Waals surface area contributed by atoms with Crippen molar-refractivity contribution in [3.05, 3.63) is 84.3 Å². The zero-order valence-electron chi connectivity index (χ0n) is 27.7. The number of carbonyl (C=O) groups excluding carboxylic acids is 4. The second-order valence-corrected chi connectivity index (χ2v) is 12.0. The van der Waals surface area contributed by atoms with Gasteiger partial charge in [0.2, 0.25) is 17.7 Å². The third-order valence-electron chi connectivity index (χ3n) is 8.72. The molecule has 3 aromatic heterocycles. The van der Waals surface area contributed by atoms with Crippen LogP contribution < -0.4 is 15.4 Å². The van der Waals surface area contributed by atoms with E-state index in [1.807, 2.05) is 24.4 Å². The zero-order chi connectivity index (χ0) is 35.2. The molecule has 1 saturated heterocycles. The number of H-pyrrole nitrogens is 1. The van der Waals surface area contributed by atoms with E-state index in [-0.39, 0.29) is 24.0 Å². The van der Waals surface area contributed by atoms with Gasteiger partial charge in [0, 0.05) is 70.7 Å². The normalized spacial score (nSPS) is 15.8. The Bertz CT molecular complexity index is 2080. The lowest BCUT2D eigenvalue weighted by atomic mass is 10.0. The summed E-state index contributed by atoms with van der Waals surface area (Å²) in [7, 11) is 0. The fourth-order valence-corrected chi connectivity index (χ4v) is 6.23. The van der Waals surface area contributed by atoms with E-state index in [1.54, 1.807) is 30.6 Å². The van der Waals surface area contributed by atoms with Gasteiger partial charge in [-0.2, -0.15) is 0 Å². The first-order valence-electron chi connectivity index (χ1n) is 16.7. The Morgan fingerprint density at radius 1 is 0.784 bits per heavy atom. The Morgan fingerprint density at radius 3 is 2.35 bits per heavy atom. The van der Waals surface area contributed by atoms with Crippen molar-refractivity contribution < 1.29 is 38.1 Å². The molecule has 1 unspecified atom stereocenters. The van der Waals surface area contributed by atoms with Crippen molar-refractivity contribution in [3.8, 4) is 17.0 Å². The van der Waals surface area contributed by atoms with Gasteiger partial charge in [0.25, 0.3) is 11.8 Å². The van der Waals surface area contributed by atoms with Crippen LogP contribution in [0.5, 0.6) is 5.88 Å². The van der Waals surface area contributed by atoms with Crippen LogP contribution in [0.3, 0.4) is 0 Å². The average molecular weight is 693 g/mol. The Labute approximate surface area is 292 Å². The summed E-state index contributed by atoms with van der Waals surface area (Å²) >= 11 is 0. The number of rotatable bonds is 16. The Balaban J connectivity index is 0.744. The predicted molar refractivity (Wildman–Crippen MR) is 186 cm³/mol. The molecule has 0 bridgehead atoms. The summed E-state index contributed by atoms with van der Waals surface area (Å²) in [6.07, 6.45) is 5.62. The van der Waals surface area contributed by atoms with E-state index in [4.69, 9.17) is 18.9 Å². The minimum atomic E-state index is -1.01. The van der Waals surface area contributed by atoms with Crippen LogP contribution in [0.1, 0.15) is 33.6 Å². The fraction of sp³-hybridized carbons (Fsp3) is 0.297. The molecule has 0 aliphatic carbocycles. The van der Waals surface area contributed by atoms with Crippen molar-refractivity contribution in [1.82, 2.24) is 25.2 Å². The molecule has 14 heteroatoms. The molecule has 4 amide bonds. The third kappa shape index (κ3) is 7.43. The molecule has 51 heavy (non-hydrogen) atoms. The molecule has 5 aromatic rings. The number of aromatic amines is 1. The van der Waals surface area contributed by atoms with Crippen molar-refractivity contribution in [1.29, 1.82) is 0 Å². The van der Waals surface area contributed by atoms with E-state index in [0.717, 1.165) is 37.8 Å². The molecule has 262 valence electrons. The summed E-state index contributed by atoms with van der Waals surface area (Å²) in [5.41, 5.74) is 5.06. The molecule has 0 radical (unpaired) electrons. The van der Waals surface area contributed by atoms with Gasteiger partial charge in [0.15, 0.2) is 0 Å². The van der Waals surface area contributed by atoms with Gasteiger partial charge < -0.3 is 29.2 Å². The summed E-state index contributed by atoms with van der Waals surface area (Å²) in [4.78, 5) is 63.0. The molecule has 0 spiro atoms. The minimum absolute atomic E-state index is 0.0669. The highest BCUT2D eigenvalue weighted by molar-refractivity contribution is 6.25. The highest BCUT2D eigenvalue weighted by atomic mass is 16.6. The van der Waals surface area contributed by atoms with E-state index in [1.165, 1.54) is 0 Å². The number of pyridine rings is 2. The van der Waals surface area contributed by atoms with E-state index >= 15 is 0 Å². The maximum atomic E-state index is 13.2. The van der Waals surface area contributed by atoms with Gasteiger partial charge >= 0.3 is 0 Å². The van der Waals surface area contributed by atoms with E-state index in [2.05, 4.69) is 43.8 Å². The SMILES string of the molecule is O=C1CCC(N2C(=O)c3cccc(NCCOCCOCCOCCOc4ccc(-c5ccc6c(c5)[nH]c5ccncc56)cn4)c3C2=O)C(=O)N1. The van der Waals surface area contributed by atoms with Crippen LogP contribution in [0.2, 0.25) is 0 Å². The van der Waals surface area contributed by atoms with Crippen molar-refractivity contribution in [2.75, 3.05) is 58.1 Å². The molecule has 2 aliphatic heterocycles. The molecule has 5 heterocycles. The molecule has 3 N–H and O–H groups in total. The van der Waals surface area contributed by atoms with Crippen LogP contribution in [0, 0.1) is 0 Å². The molecule has 1 fully saturated rings. The predicted octanol–water partition coefficient (Wildman–Crippen LogP) is 3.72. The van der Waals surface area contributed by atoms with Crippen LogP contribution in [0.4, 0.5) is 5.69 Å². The summed E-state index contributed by atoms with van der Waals surface area (Å²) in [6.45, 7) is 3.04. The zero-order valence-corrected chi connectivity index (χ0v) is 27.7. The first kappa shape index (κ1) is 33.8. The maximum Gasteiger partial charge on any atom is 0.264 e. The number of amides is 4. The summed E-state index contributed by atoms with van der Waals surface area (Å²) in [5, 5.41) is 7.58. The summed E-state index contributed by atoms with van der Waals surface area (Å²) < 4.78 is 22.5. The second kappa shape index (κ2) is 15.5. The standard InChI is InChI=1S/C37H36N6O8/c44-32-8-7-31(35(45)42-32)43-36(46)26-2-1-3-29(34(26)37(43)47)39-12-13-48-14-15-49-16-17-50-18-19-51-33-9-5-24(21-40-33)23-4-6-25-27-22-38-11-10-28(27)41-30(25)20-23/h1-6,9-11,20-22,31,39,41H,7-8,12-19H2,(H,42,44,45). The van der Waals surface area contributed by atoms with Gasteiger partial charge in [0.1, 0.15) is 12.6 Å². The quantitative estimate of drug-likeness (QED) is 0.102. The van der Waals surface area contributed by atoms with Gasteiger partial charge in [-0.1, -0.05) is 18.2 Å². The van der Waals surface area contributed by atoms with Gasteiger partial charge in [-0.3, -0.25) is 34.4 Å². The minimum Gasteiger partial charge on any atom is -0.475 e. The number of piperidine rings is 1. The molecule has 2 aromatic carbocycles. The smallest absolute Gasteiger partial charge is 0.264 e. The lowest BCUT2D eigenvalue weighted by Gasteiger charge is -2.27. The van der Waals surface area contributed by atoms with E-state index in [0.29, 0.717) is 64.4 Å². The number of hydrogen-bond acceptors (Lipinski definition) is 11. The number of fused-ring (bicyclic) bond motifs is 4. The lowest BCUT2D eigenvalue weighted by Crippen LogP contribution is -2.54. The Hall–Kier alpha value is -5.70. The maximum absolute atomic E-state index is 13.2. The summed E-state index contributed by atoms with van der Waals surface area (Å²) in [5.74, 6) is -1.64. The van der Waals surface area contributed by atoms with E-state index in [9.17, 15) is 19.2 Å². The Kier molecular flexibility index (Phi) is 10.2. The Morgan fingerprint density at radius 2 is 1.57 bits per heavy atom. The topological polar surface area (TPSA) is 174 Å². The number of nitrogens with one attached hydrogen (secondary N) is 3. The number of aromatic nitrogens is 3. The van der Waals surface area contributed by atoms with Crippen LogP contribution >= 0.6 is 0 Å². The third-order valence-corrected chi connectivity index (χ3v) is 8.72. The first-order chi connectivity index (χ1) is 25.0. The average Bonchev–Trinajstić information content (AvgIpc) is 3.64. The number of anilines is 1. The van der Waals surface area contributed by atoms with Crippen molar-refractivity contribution in [2.45, 2.75) is 18.9 Å². The van der Waals surface area contributed by atoms with Crippen LogP contribution in [0.15, 0.2) is 73.2 Å². The van der Waals surface area contributed by atoms with Gasteiger partial charge in [0.05, 0.1) is 50.8 Å². The number of benzene rings is 2. The molecule has 14 nitrogen and oxygen atoms in total. The number of ether oxygens (including phenoxy) is 4. The molecule has 1 atom stereocenters. The highest BCUT2D eigenvalue weighted by Gasteiger charge is 2.45. The number of carbonyl (C=O) groups is 4. The van der Waals surface area contributed by atoms with E-state index < -0.39 is 29.7 Å². The summed E-state index contributed by atoms with van der Waals surface area (Å²) in [6, 6.07) is 16.0. The van der Waals surface area contributed by atoms with Gasteiger partial charge in [-0.05, 0) is 42.3 Å². The largest absolute Gasteiger partial charge is 0.475 e. The molecular weight excluding hydrogens is 656 g/mol. The molecule has 0 saturated carbocycles. The first-order valence-corrected chi connectivity index (χ1v) is 16.7. The molecular formula is C37H36N6O8. The van der Waals surface area contributed by atoms with Crippen LogP contribution in [-0.2, 0) is 23.8 Å². The number of nitrogens with zero attached hydrogens (tertiary/aromatic N) is 3. The monoisotopic (exact) mass is 692 g/mol. The van der Waals surface area contributed by atoms with Gasteiger partial charge in [-0.25, -0.2) is 4.98 Å². The van der Waals surface area contributed by atoms with Crippen molar-refractivity contribution >= 4 is 51.1 Å². The molecule has 7 rings (SSSR count).